The molecule has 1 aromatic carbocycles. The standard InChI is InChI=1S/C24H26N4O2/c1-18-14-22(28-10-12-30-13-11-28)7-8-23(18)19-5-6-20(26-16-19)15-24(29)27-17-21-4-2-3-9-25-21/h2-9,14,16H,10-13,15,17H2,1H3,(H,27,29). The summed E-state index contributed by atoms with van der Waals surface area (Å²) in [5.41, 5.74) is 6.24. The van der Waals surface area contributed by atoms with E-state index in [1.807, 2.05) is 36.5 Å². The zero-order valence-corrected chi connectivity index (χ0v) is 17.2. The number of rotatable bonds is 6. The Morgan fingerprint density at radius 3 is 2.63 bits per heavy atom. The molecule has 1 saturated heterocycles. The number of carbonyl (C=O) groups is 1. The van der Waals surface area contributed by atoms with Crippen molar-refractivity contribution in [1.82, 2.24) is 15.3 Å². The number of ether oxygens (including phenoxy) is 1. The van der Waals surface area contributed by atoms with E-state index in [-0.39, 0.29) is 12.3 Å². The van der Waals surface area contributed by atoms with E-state index in [1.54, 1.807) is 6.20 Å². The third kappa shape index (κ3) is 5.02. The molecule has 1 amide bonds. The van der Waals surface area contributed by atoms with Gasteiger partial charge in [0.25, 0.3) is 0 Å². The lowest BCUT2D eigenvalue weighted by atomic mass is 10.0. The molecule has 0 atom stereocenters. The number of morpholine rings is 1. The Labute approximate surface area is 176 Å². The largest absolute Gasteiger partial charge is 0.378 e. The van der Waals surface area contributed by atoms with Crippen molar-refractivity contribution in [3.05, 3.63) is 77.9 Å². The minimum absolute atomic E-state index is 0.0630. The summed E-state index contributed by atoms with van der Waals surface area (Å²) in [7, 11) is 0. The van der Waals surface area contributed by atoms with Crippen molar-refractivity contribution in [2.24, 2.45) is 0 Å². The van der Waals surface area contributed by atoms with E-state index >= 15 is 0 Å². The normalized spacial score (nSPS) is 13.8. The fourth-order valence-corrected chi connectivity index (χ4v) is 3.60. The SMILES string of the molecule is Cc1cc(N2CCOCC2)ccc1-c1ccc(CC(=O)NCc2ccccn2)nc1. The minimum Gasteiger partial charge on any atom is -0.378 e. The van der Waals surface area contributed by atoms with E-state index in [2.05, 4.69) is 45.3 Å². The lowest BCUT2D eigenvalue weighted by molar-refractivity contribution is -0.120. The van der Waals surface area contributed by atoms with Gasteiger partial charge >= 0.3 is 0 Å². The van der Waals surface area contributed by atoms with E-state index in [4.69, 9.17) is 4.74 Å². The second kappa shape index (κ2) is 9.50. The molecule has 154 valence electrons. The number of aromatic nitrogens is 2. The number of amides is 1. The Kier molecular flexibility index (Phi) is 6.35. The number of nitrogens with one attached hydrogen (secondary N) is 1. The fraction of sp³-hybridized carbons (Fsp3) is 0.292. The van der Waals surface area contributed by atoms with Gasteiger partial charge in [0.2, 0.25) is 5.91 Å². The van der Waals surface area contributed by atoms with Gasteiger partial charge in [-0.2, -0.15) is 0 Å². The number of anilines is 1. The number of carbonyl (C=O) groups excluding carboxylic acids is 1. The Bertz CT molecular complexity index is 984. The van der Waals surface area contributed by atoms with Crippen LogP contribution in [-0.2, 0) is 22.5 Å². The van der Waals surface area contributed by atoms with Gasteiger partial charge in [-0.25, -0.2) is 0 Å². The van der Waals surface area contributed by atoms with E-state index in [0.717, 1.165) is 48.8 Å². The van der Waals surface area contributed by atoms with E-state index in [9.17, 15) is 4.79 Å². The van der Waals surface area contributed by atoms with Crippen molar-refractivity contribution < 1.29 is 9.53 Å². The number of hydrogen-bond acceptors (Lipinski definition) is 5. The summed E-state index contributed by atoms with van der Waals surface area (Å²) in [4.78, 5) is 23.3. The van der Waals surface area contributed by atoms with Crippen LogP contribution < -0.4 is 10.2 Å². The molecule has 1 aliphatic heterocycles. The zero-order chi connectivity index (χ0) is 20.8. The molecular formula is C24H26N4O2. The molecule has 0 bridgehead atoms. The molecule has 2 aromatic heterocycles. The van der Waals surface area contributed by atoms with Crippen LogP contribution in [0.2, 0.25) is 0 Å². The first kappa shape index (κ1) is 20.0. The van der Waals surface area contributed by atoms with E-state index < -0.39 is 0 Å². The molecule has 0 unspecified atom stereocenters. The average molecular weight is 402 g/mol. The molecule has 4 rings (SSSR count). The van der Waals surface area contributed by atoms with Crippen LogP contribution in [0.4, 0.5) is 5.69 Å². The van der Waals surface area contributed by atoms with Gasteiger partial charge in [-0.1, -0.05) is 18.2 Å². The second-order valence-corrected chi connectivity index (χ2v) is 7.41. The van der Waals surface area contributed by atoms with Gasteiger partial charge in [0.05, 0.1) is 31.9 Å². The fourth-order valence-electron chi connectivity index (χ4n) is 3.60. The summed E-state index contributed by atoms with van der Waals surface area (Å²) in [6.45, 7) is 5.96. The first-order valence-corrected chi connectivity index (χ1v) is 10.2. The highest BCUT2D eigenvalue weighted by Crippen LogP contribution is 2.27. The van der Waals surface area contributed by atoms with Crippen molar-refractivity contribution in [2.45, 2.75) is 19.9 Å². The highest BCUT2D eigenvalue weighted by Gasteiger charge is 2.13. The molecule has 1 N–H and O–H groups in total. The van der Waals surface area contributed by atoms with Crippen LogP contribution in [-0.4, -0.2) is 42.2 Å². The molecule has 6 heteroatoms. The Morgan fingerprint density at radius 2 is 1.93 bits per heavy atom. The molecule has 0 radical (unpaired) electrons. The van der Waals surface area contributed by atoms with Crippen LogP contribution in [0.5, 0.6) is 0 Å². The average Bonchev–Trinajstić information content (AvgIpc) is 2.80. The Morgan fingerprint density at radius 1 is 1.07 bits per heavy atom. The third-order valence-electron chi connectivity index (χ3n) is 5.26. The first-order valence-electron chi connectivity index (χ1n) is 10.2. The van der Waals surface area contributed by atoms with Crippen molar-refractivity contribution in [3.8, 4) is 11.1 Å². The number of nitrogens with zero attached hydrogens (tertiary/aromatic N) is 3. The van der Waals surface area contributed by atoms with Gasteiger partial charge in [-0.3, -0.25) is 14.8 Å². The Balaban J connectivity index is 1.37. The summed E-state index contributed by atoms with van der Waals surface area (Å²) in [5.74, 6) is -0.0630. The van der Waals surface area contributed by atoms with Crippen LogP contribution in [0.15, 0.2) is 60.9 Å². The second-order valence-electron chi connectivity index (χ2n) is 7.41. The maximum Gasteiger partial charge on any atom is 0.226 e. The summed E-state index contributed by atoms with van der Waals surface area (Å²) < 4.78 is 5.44. The summed E-state index contributed by atoms with van der Waals surface area (Å²) >= 11 is 0. The van der Waals surface area contributed by atoms with Crippen molar-refractivity contribution in [3.63, 3.8) is 0 Å². The van der Waals surface area contributed by atoms with Crippen molar-refractivity contribution in [2.75, 3.05) is 31.2 Å². The van der Waals surface area contributed by atoms with Gasteiger partial charge < -0.3 is 15.0 Å². The molecule has 3 aromatic rings. The van der Waals surface area contributed by atoms with Crippen molar-refractivity contribution in [1.29, 1.82) is 0 Å². The maximum absolute atomic E-state index is 12.2. The highest BCUT2D eigenvalue weighted by molar-refractivity contribution is 5.78. The first-order chi connectivity index (χ1) is 14.7. The van der Waals surface area contributed by atoms with E-state index in [1.165, 1.54) is 11.3 Å². The minimum atomic E-state index is -0.0630. The van der Waals surface area contributed by atoms with Gasteiger partial charge in [0.15, 0.2) is 0 Å². The smallest absolute Gasteiger partial charge is 0.226 e. The highest BCUT2D eigenvalue weighted by atomic mass is 16.5. The lowest BCUT2D eigenvalue weighted by Crippen LogP contribution is -2.36. The predicted molar refractivity (Wildman–Crippen MR) is 117 cm³/mol. The molecule has 6 nitrogen and oxygen atoms in total. The van der Waals surface area contributed by atoms with Crippen LogP contribution in [0.1, 0.15) is 17.0 Å². The predicted octanol–water partition coefficient (Wildman–Crippen LogP) is 3.15. The third-order valence-corrected chi connectivity index (χ3v) is 5.26. The quantitative estimate of drug-likeness (QED) is 0.686. The summed E-state index contributed by atoms with van der Waals surface area (Å²) in [6.07, 6.45) is 3.82. The number of hydrogen-bond donors (Lipinski definition) is 1. The number of benzene rings is 1. The van der Waals surface area contributed by atoms with Gasteiger partial charge in [0, 0.05) is 42.4 Å². The molecule has 0 aliphatic carbocycles. The van der Waals surface area contributed by atoms with Crippen LogP contribution >= 0.6 is 0 Å². The molecule has 0 spiro atoms. The zero-order valence-electron chi connectivity index (χ0n) is 17.2. The molecule has 3 heterocycles. The summed E-state index contributed by atoms with van der Waals surface area (Å²) in [5, 5.41) is 2.89. The van der Waals surface area contributed by atoms with E-state index in [0.29, 0.717) is 6.54 Å². The molecule has 1 aliphatic rings. The summed E-state index contributed by atoms with van der Waals surface area (Å²) in [6, 6.07) is 16.1. The van der Waals surface area contributed by atoms with Crippen molar-refractivity contribution >= 4 is 11.6 Å². The van der Waals surface area contributed by atoms with Gasteiger partial charge in [-0.05, 0) is 48.4 Å². The topological polar surface area (TPSA) is 67.3 Å². The number of pyridine rings is 2. The lowest BCUT2D eigenvalue weighted by Gasteiger charge is -2.29. The number of aryl methyl sites for hydroxylation is 1. The molecular weight excluding hydrogens is 376 g/mol. The van der Waals surface area contributed by atoms with Crippen LogP contribution in [0.25, 0.3) is 11.1 Å². The molecule has 1 fully saturated rings. The van der Waals surface area contributed by atoms with Gasteiger partial charge in [-0.15, -0.1) is 0 Å². The maximum atomic E-state index is 12.2. The van der Waals surface area contributed by atoms with Gasteiger partial charge in [0.1, 0.15) is 0 Å². The Hall–Kier alpha value is -3.25. The monoisotopic (exact) mass is 402 g/mol. The van der Waals surface area contributed by atoms with Crippen LogP contribution in [0, 0.1) is 6.92 Å². The molecule has 30 heavy (non-hydrogen) atoms. The molecule has 0 saturated carbocycles. The van der Waals surface area contributed by atoms with Crippen LogP contribution in [0.3, 0.4) is 0 Å².